The van der Waals surface area contributed by atoms with E-state index in [2.05, 4.69) is 5.32 Å². The van der Waals surface area contributed by atoms with E-state index in [-0.39, 0.29) is 29.6 Å². The highest BCUT2D eigenvalue weighted by Gasteiger charge is 2.48. The van der Waals surface area contributed by atoms with Gasteiger partial charge in [-0.1, -0.05) is 17.7 Å². The number of nitrogens with zero attached hydrogens (tertiary/aromatic N) is 1. The van der Waals surface area contributed by atoms with Crippen molar-refractivity contribution in [1.82, 2.24) is 10.2 Å². The minimum Gasteiger partial charge on any atom is -0.341 e. The molecule has 2 fully saturated rings. The van der Waals surface area contributed by atoms with E-state index >= 15 is 0 Å². The summed E-state index contributed by atoms with van der Waals surface area (Å²) in [6.45, 7) is 1.80. The van der Waals surface area contributed by atoms with Crippen LogP contribution >= 0.6 is 11.6 Å². The molecule has 2 aliphatic rings. The maximum Gasteiger partial charge on any atom is 0.226 e. The molecule has 1 aromatic carbocycles. The largest absolute Gasteiger partial charge is 0.341 e. The number of amides is 1. The van der Waals surface area contributed by atoms with Gasteiger partial charge in [0, 0.05) is 42.1 Å². The maximum atomic E-state index is 13.9. The Balaban J connectivity index is 1.70. The van der Waals surface area contributed by atoms with Crippen LogP contribution in [0.1, 0.15) is 24.3 Å². The van der Waals surface area contributed by atoms with E-state index in [9.17, 15) is 9.18 Å². The van der Waals surface area contributed by atoms with Crippen LogP contribution in [0.2, 0.25) is 5.02 Å². The molecule has 3 atom stereocenters. The van der Waals surface area contributed by atoms with Crippen LogP contribution in [0.25, 0.3) is 0 Å². The first-order valence-corrected chi connectivity index (χ1v) is 7.38. The van der Waals surface area contributed by atoms with Crippen LogP contribution in [0.4, 0.5) is 4.39 Å². The van der Waals surface area contributed by atoms with Gasteiger partial charge < -0.3 is 10.2 Å². The summed E-state index contributed by atoms with van der Waals surface area (Å²) in [6, 6.07) is 4.95. The molecule has 1 aliphatic carbocycles. The molecule has 0 radical (unpaired) electrons. The SMILES string of the molecule is CN(C(=O)[C@@H]1C[C@H]1c1c(F)cccc1Cl)[C@H]1CCNC1. The van der Waals surface area contributed by atoms with Gasteiger partial charge in [0.1, 0.15) is 5.82 Å². The monoisotopic (exact) mass is 296 g/mol. The Bertz CT molecular complexity index is 510. The lowest BCUT2D eigenvalue weighted by molar-refractivity contribution is -0.133. The standard InChI is InChI=1S/C15H18ClFN2O/c1-19(9-5-6-18-8-9)15(20)11-7-10(11)14-12(16)3-2-4-13(14)17/h2-4,9-11,18H,5-8H2,1H3/t9-,10+,11+/m0/s1. The molecule has 1 saturated carbocycles. The second kappa shape index (κ2) is 5.34. The summed E-state index contributed by atoms with van der Waals surface area (Å²) < 4.78 is 13.9. The highest BCUT2D eigenvalue weighted by atomic mass is 35.5. The van der Waals surface area contributed by atoms with Crippen LogP contribution in [0.3, 0.4) is 0 Å². The molecule has 3 nitrogen and oxygen atoms in total. The van der Waals surface area contributed by atoms with E-state index in [4.69, 9.17) is 11.6 Å². The fourth-order valence-electron chi connectivity index (χ4n) is 3.06. The number of halogens is 2. The maximum absolute atomic E-state index is 13.9. The molecule has 20 heavy (non-hydrogen) atoms. The number of rotatable bonds is 3. The molecular formula is C15H18ClFN2O. The predicted octanol–water partition coefficient (Wildman–Crippen LogP) is 2.40. The lowest BCUT2D eigenvalue weighted by Crippen LogP contribution is -2.39. The Morgan fingerprint density at radius 3 is 2.95 bits per heavy atom. The molecule has 1 aromatic rings. The van der Waals surface area contributed by atoms with Gasteiger partial charge in [-0.15, -0.1) is 0 Å². The average molecular weight is 297 g/mol. The number of carbonyl (C=O) groups excluding carboxylic acids is 1. The highest BCUT2D eigenvalue weighted by Crippen LogP contribution is 2.51. The molecular weight excluding hydrogens is 279 g/mol. The number of hydrogen-bond acceptors (Lipinski definition) is 2. The third-order valence-corrected chi connectivity index (χ3v) is 4.74. The number of carbonyl (C=O) groups is 1. The van der Waals surface area contributed by atoms with E-state index < -0.39 is 0 Å². The summed E-state index contributed by atoms with van der Waals surface area (Å²) in [6.07, 6.45) is 1.68. The fraction of sp³-hybridized carbons (Fsp3) is 0.533. The van der Waals surface area contributed by atoms with Crippen molar-refractivity contribution in [3.8, 4) is 0 Å². The van der Waals surface area contributed by atoms with Crippen LogP contribution in [-0.4, -0.2) is 37.0 Å². The molecule has 5 heteroatoms. The smallest absolute Gasteiger partial charge is 0.226 e. The Labute approximate surface area is 123 Å². The Morgan fingerprint density at radius 2 is 2.30 bits per heavy atom. The molecule has 0 aromatic heterocycles. The van der Waals surface area contributed by atoms with E-state index in [1.807, 2.05) is 11.9 Å². The molecule has 0 bridgehead atoms. The lowest BCUT2D eigenvalue weighted by atomic mass is 10.1. The zero-order valence-corrected chi connectivity index (χ0v) is 12.2. The third-order valence-electron chi connectivity index (χ3n) is 4.41. The normalized spacial score (nSPS) is 28.4. The third kappa shape index (κ3) is 2.42. The molecule has 0 unspecified atom stereocenters. The van der Waals surface area contributed by atoms with Crippen molar-refractivity contribution < 1.29 is 9.18 Å². The van der Waals surface area contributed by atoms with Crippen LogP contribution in [0.15, 0.2) is 18.2 Å². The van der Waals surface area contributed by atoms with Crippen molar-refractivity contribution in [1.29, 1.82) is 0 Å². The summed E-state index contributed by atoms with van der Waals surface area (Å²) in [4.78, 5) is 14.3. The van der Waals surface area contributed by atoms with Crippen molar-refractivity contribution in [3.05, 3.63) is 34.6 Å². The van der Waals surface area contributed by atoms with Gasteiger partial charge in [0.15, 0.2) is 0 Å². The van der Waals surface area contributed by atoms with Gasteiger partial charge in [-0.25, -0.2) is 4.39 Å². The minimum atomic E-state index is -0.303. The first kappa shape index (κ1) is 13.8. The summed E-state index contributed by atoms with van der Waals surface area (Å²) >= 11 is 6.07. The van der Waals surface area contributed by atoms with Crippen LogP contribution in [0.5, 0.6) is 0 Å². The minimum absolute atomic E-state index is 0.0620. The van der Waals surface area contributed by atoms with Crippen molar-refractivity contribution >= 4 is 17.5 Å². The van der Waals surface area contributed by atoms with Gasteiger partial charge >= 0.3 is 0 Å². The average Bonchev–Trinajstić information content (AvgIpc) is 3.00. The number of hydrogen-bond donors (Lipinski definition) is 1. The Hall–Kier alpha value is -1.13. The van der Waals surface area contributed by atoms with E-state index in [0.717, 1.165) is 19.5 Å². The van der Waals surface area contributed by atoms with Crippen molar-refractivity contribution in [2.75, 3.05) is 20.1 Å². The first-order chi connectivity index (χ1) is 9.59. The predicted molar refractivity (Wildman–Crippen MR) is 76.3 cm³/mol. The van der Waals surface area contributed by atoms with Crippen molar-refractivity contribution in [2.45, 2.75) is 24.8 Å². The highest BCUT2D eigenvalue weighted by molar-refractivity contribution is 6.31. The van der Waals surface area contributed by atoms with E-state index in [1.165, 1.54) is 6.07 Å². The van der Waals surface area contributed by atoms with E-state index in [1.54, 1.807) is 12.1 Å². The molecule has 1 heterocycles. The molecule has 1 N–H and O–H groups in total. The van der Waals surface area contributed by atoms with Gasteiger partial charge in [-0.05, 0) is 31.5 Å². The van der Waals surface area contributed by atoms with Gasteiger partial charge in [0.25, 0.3) is 0 Å². The first-order valence-electron chi connectivity index (χ1n) is 7.01. The summed E-state index contributed by atoms with van der Waals surface area (Å²) in [5.74, 6) is -0.367. The fourth-order valence-corrected chi connectivity index (χ4v) is 3.37. The molecule has 1 amide bonds. The van der Waals surface area contributed by atoms with Crippen molar-refractivity contribution in [3.63, 3.8) is 0 Å². The van der Waals surface area contributed by atoms with Crippen LogP contribution in [0, 0.1) is 11.7 Å². The second-order valence-electron chi connectivity index (χ2n) is 5.68. The van der Waals surface area contributed by atoms with Gasteiger partial charge in [0.2, 0.25) is 5.91 Å². The summed E-state index contributed by atoms with van der Waals surface area (Å²) in [7, 11) is 1.85. The zero-order valence-electron chi connectivity index (χ0n) is 11.4. The second-order valence-corrected chi connectivity index (χ2v) is 6.09. The molecule has 1 saturated heterocycles. The van der Waals surface area contributed by atoms with Gasteiger partial charge in [-0.3, -0.25) is 4.79 Å². The number of benzene rings is 1. The molecule has 108 valence electrons. The zero-order chi connectivity index (χ0) is 14.3. The van der Waals surface area contributed by atoms with Gasteiger partial charge in [0.05, 0.1) is 0 Å². The quantitative estimate of drug-likeness (QED) is 0.929. The molecule has 1 aliphatic heterocycles. The topological polar surface area (TPSA) is 32.3 Å². The van der Waals surface area contributed by atoms with Crippen LogP contribution < -0.4 is 5.32 Å². The Kier molecular flexibility index (Phi) is 3.69. The van der Waals surface area contributed by atoms with Crippen LogP contribution in [-0.2, 0) is 4.79 Å². The van der Waals surface area contributed by atoms with Gasteiger partial charge in [-0.2, -0.15) is 0 Å². The van der Waals surface area contributed by atoms with E-state index in [0.29, 0.717) is 17.0 Å². The summed E-state index contributed by atoms with van der Waals surface area (Å²) in [5, 5.41) is 3.68. The van der Waals surface area contributed by atoms with Crippen molar-refractivity contribution in [2.24, 2.45) is 5.92 Å². The molecule has 0 spiro atoms. The Morgan fingerprint density at radius 1 is 1.50 bits per heavy atom. The number of likely N-dealkylation sites (N-methyl/N-ethyl adjacent to an activating group) is 1. The molecule has 3 rings (SSSR count). The summed E-state index contributed by atoms with van der Waals surface area (Å²) in [5.41, 5.74) is 0.505. The lowest BCUT2D eigenvalue weighted by Gasteiger charge is -2.24. The number of nitrogens with one attached hydrogen (secondary N) is 1.